The van der Waals surface area contributed by atoms with E-state index < -0.39 is 0 Å². The summed E-state index contributed by atoms with van der Waals surface area (Å²) in [6.07, 6.45) is 1.35. The van der Waals surface area contributed by atoms with Crippen LogP contribution < -0.4 is 16.0 Å². The van der Waals surface area contributed by atoms with Gasteiger partial charge in [-0.2, -0.15) is 0 Å². The van der Waals surface area contributed by atoms with E-state index in [0.29, 0.717) is 0 Å². The number of piperazine rings is 1. The van der Waals surface area contributed by atoms with E-state index in [1.165, 1.54) is 29.5 Å². The minimum atomic E-state index is -0.259. The van der Waals surface area contributed by atoms with Crippen molar-refractivity contribution in [1.82, 2.24) is 10.6 Å². The van der Waals surface area contributed by atoms with Crippen molar-refractivity contribution in [2.75, 3.05) is 25.0 Å². The Labute approximate surface area is 135 Å². The van der Waals surface area contributed by atoms with Crippen LogP contribution >= 0.6 is 0 Å². The van der Waals surface area contributed by atoms with Gasteiger partial charge in [-0.3, -0.25) is 0 Å². The van der Waals surface area contributed by atoms with Crippen LogP contribution in [0.15, 0.2) is 36.4 Å². The number of rotatable bonds is 4. The summed E-state index contributed by atoms with van der Waals surface area (Å²) in [6.45, 7) is 4.90. The first-order valence-corrected chi connectivity index (χ1v) is 7.79. The molecule has 0 radical (unpaired) electrons. The molecule has 120 valence electrons. The lowest BCUT2D eigenvalue weighted by Crippen LogP contribution is -2.42. The highest BCUT2D eigenvalue weighted by Crippen LogP contribution is 2.27. The van der Waals surface area contributed by atoms with Crippen molar-refractivity contribution in [2.24, 2.45) is 0 Å². The van der Waals surface area contributed by atoms with Gasteiger partial charge >= 0.3 is 0 Å². The lowest BCUT2D eigenvalue weighted by molar-refractivity contribution is 0.429. The molecule has 5 heteroatoms. The number of hydrogen-bond donors (Lipinski definition) is 4. The molecule has 0 amide bonds. The first-order valence-electron chi connectivity index (χ1n) is 7.79. The molecule has 0 aromatic heterocycles. The Morgan fingerprint density at radius 1 is 1.22 bits per heavy atom. The summed E-state index contributed by atoms with van der Waals surface area (Å²) in [5.41, 5.74) is 4.86. The molecule has 3 rings (SSSR count). The molecular weight excluding hydrogens is 291 g/mol. The molecular formula is C18H21FN4. The fraction of sp³-hybridized carbons (Fsp3) is 0.278. The van der Waals surface area contributed by atoms with Crippen LogP contribution in [0.1, 0.15) is 22.7 Å². The Morgan fingerprint density at radius 2 is 2.00 bits per heavy atom. The van der Waals surface area contributed by atoms with E-state index in [-0.39, 0.29) is 11.9 Å². The topological polar surface area (TPSA) is 59.9 Å². The third kappa shape index (κ3) is 3.57. The zero-order valence-electron chi connectivity index (χ0n) is 13.1. The van der Waals surface area contributed by atoms with Gasteiger partial charge in [-0.1, -0.05) is 0 Å². The lowest BCUT2D eigenvalue weighted by Gasteiger charge is -2.27. The molecule has 2 aromatic carbocycles. The number of anilines is 2. The van der Waals surface area contributed by atoms with Crippen LogP contribution in [0.3, 0.4) is 0 Å². The van der Waals surface area contributed by atoms with Crippen LogP contribution in [0.4, 0.5) is 15.8 Å². The Bertz CT molecular complexity index is 691. The first-order chi connectivity index (χ1) is 11.2. The van der Waals surface area contributed by atoms with Gasteiger partial charge in [-0.25, -0.2) is 4.39 Å². The molecule has 0 spiro atoms. The van der Waals surface area contributed by atoms with E-state index in [1.807, 2.05) is 0 Å². The Balaban J connectivity index is 1.90. The summed E-state index contributed by atoms with van der Waals surface area (Å²) in [6, 6.07) is 10.6. The summed E-state index contributed by atoms with van der Waals surface area (Å²) in [5.74, 6) is -0.259. The Morgan fingerprint density at radius 3 is 2.65 bits per heavy atom. The molecule has 1 atom stereocenters. The molecule has 23 heavy (non-hydrogen) atoms. The van der Waals surface area contributed by atoms with Crippen LogP contribution in [0.5, 0.6) is 0 Å². The van der Waals surface area contributed by atoms with Crippen LogP contribution in [-0.2, 0) is 0 Å². The molecule has 2 aromatic rings. The van der Waals surface area contributed by atoms with Gasteiger partial charge in [0.15, 0.2) is 0 Å². The van der Waals surface area contributed by atoms with Crippen molar-refractivity contribution in [3.05, 3.63) is 58.9 Å². The minimum Gasteiger partial charge on any atom is -0.355 e. The molecule has 0 bridgehead atoms. The highest BCUT2D eigenvalue weighted by molar-refractivity contribution is 5.88. The first kappa shape index (κ1) is 15.6. The SMILES string of the molecule is Cc1cc(Nc2ccc(F)cc2)c(C=N)cc1C1CNCCN1. The molecule has 1 fully saturated rings. The average molecular weight is 312 g/mol. The largest absolute Gasteiger partial charge is 0.355 e. The van der Waals surface area contributed by atoms with Gasteiger partial charge in [0.1, 0.15) is 5.82 Å². The monoisotopic (exact) mass is 312 g/mol. The molecule has 4 nitrogen and oxygen atoms in total. The molecule has 1 aliphatic heterocycles. The molecule has 4 N–H and O–H groups in total. The maximum absolute atomic E-state index is 13.0. The summed E-state index contributed by atoms with van der Waals surface area (Å²) in [4.78, 5) is 0. The van der Waals surface area contributed by atoms with E-state index in [4.69, 9.17) is 5.41 Å². The summed E-state index contributed by atoms with van der Waals surface area (Å²) in [7, 11) is 0. The molecule has 1 heterocycles. The summed E-state index contributed by atoms with van der Waals surface area (Å²) >= 11 is 0. The van der Waals surface area contributed by atoms with Crippen molar-refractivity contribution in [3.63, 3.8) is 0 Å². The van der Waals surface area contributed by atoms with Crippen LogP contribution in [0.25, 0.3) is 0 Å². The second-order valence-corrected chi connectivity index (χ2v) is 5.78. The zero-order valence-corrected chi connectivity index (χ0v) is 13.1. The average Bonchev–Trinajstić information content (AvgIpc) is 2.58. The maximum atomic E-state index is 13.0. The van der Waals surface area contributed by atoms with Gasteiger partial charge in [0.05, 0.1) is 0 Å². The smallest absolute Gasteiger partial charge is 0.123 e. The van der Waals surface area contributed by atoms with E-state index in [9.17, 15) is 4.39 Å². The van der Waals surface area contributed by atoms with Crippen LogP contribution in [0, 0.1) is 18.2 Å². The second-order valence-electron chi connectivity index (χ2n) is 5.78. The van der Waals surface area contributed by atoms with Gasteiger partial charge in [0.25, 0.3) is 0 Å². The Kier molecular flexibility index (Phi) is 4.69. The summed E-state index contributed by atoms with van der Waals surface area (Å²) in [5, 5.41) is 17.9. The van der Waals surface area contributed by atoms with E-state index >= 15 is 0 Å². The van der Waals surface area contributed by atoms with Crippen LogP contribution in [0.2, 0.25) is 0 Å². The van der Waals surface area contributed by atoms with E-state index in [0.717, 1.165) is 36.6 Å². The third-order valence-electron chi connectivity index (χ3n) is 4.13. The van der Waals surface area contributed by atoms with Crippen LogP contribution in [-0.4, -0.2) is 25.8 Å². The second kappa shape index (κ2) is 6.89. The van der Waals surface area contributed by atoms with Gasteiger partial charge < -0.3 is 21.4 Å². The minimum absolute atomic E-state index is 0.259. The predicted molar refractivity (Wildman–Crippen MR) is 92.4 cm³/mol. The summed E-state index contributed by atoms with van der Waals surface area (Å²) < 4.78 is 13.0. The normalized spacial score (nSPS) is 17.7. The third-order valence-corrected chi connectivity index (χ3v) is 4.13. The molecule has 0 aliphatic carbocycles. The lowest BCUT2D eigenvalue weighted by atomic mass is 9.96. The van der Waals surface area contributed by atoms with Crippen molar-refractivity contribution in [3.8, 4) is 0 Å². The fourth-order valence-electron chi connectivity index (χ4n) is 2.91. The predicted octanol–water partition coefficient (Wildman–Crippen LogP) is 3.11. The maximum Gasteiger partial charge on any atom is 0.123 e. The highest BCUT2D eigenvalue weighted by atomic mass is 19.1. The Hall–Kier alpha value is -2.24. The van der Waals surface area contributed by atoms with Gasteiger partial charge in [-0.15, -0.1) is 0 Å². The number of hydrogen-bond acceptors (Lipinski definition) is 4. The fourth-order valence-corrected chi connectivity index (χ4v) is 2.91. The van der Waals surface area contributed by atoms with Crippen molar-refractivity contribution >= 4 is 17.6 Å². The number of benzene rings is 2. The molecule has 1 saturated heterocycles. The standard InChI is InChI=1S/C18H21FN4/c1-12-8-17(23-15-4-2-14(19)3-5-15)13(10-20)9-16(12)18-11-21-6-7-22-18/h2-5,8-10,18,20-23H,6-7,11H2,1H3. The van der Waals surface area contributed by atoms with Gasteiger partial charge in [-0.05, 0) is 54.4 Å². The van der Waals surface area contributed by atoms with Crippen molar-refractivity contribution in [2.45, 2.75) is 13.0 Å². The van der Waals surface area contributed by atoms with E-state index in [2.05, 4.69) is 35.0 Å². The number of halogens is 1. The molecule has 1 aliphatic rings. The van der Waals surface area contributed by atoms with Crippen molar-refractivity contribution < 1.29 is 4.39 Å². The molecule has 0 saturated carbocycles. The van der Waals surface area contributed by atoms with Gasteiger partial charge in [0, 0.05) is 48.8 Å². The zero-order chi connectivity index (χ0) is 16.2. The highest BCUT2D eigenvalue weighted by Gasteiger charge is 2.18. The van der Waals surface area contributed by atoms with E-state index in [1.54, 1.807) is 12.1 Å². The molecule has 1 unspecified atom stereocenters. The van der Waals surface area contributed by atoms with Crippen molar-refractivity contribution in [1.29, 1.82) is 5.41 Å². The van der Waals surface area contributed by atoms with Gasteiger partial charge in [0.2, 0.25) is 0 Å². The number of nitrogens with one attached hydrogen (secondary N) is 4. The quantitative estimate of drug-likeness (QED) is 0.656. The number of aryl methyl sites for hydroxylation is 1.